The van der Waals surface area contributed by atoms with E-state index in [1.165, 1.54) is 0 Å². The highest BCUT2D eigenvalue weighted by molar-refractivity contribution is 5.35. The molecule has 0 spiro atoms. The van der Waals surface area contributed by atoms with Crippen molar-refractivity contribution in [1.82, 2.24) is 9.97 Å². The van der Waals surface area contributed by atoms with Gasteiger partial charge in [-0.25, -0.2) is 4.98 Å². The summed E-state index contributed by atoms with van der Waals surface area (Å²) < 4.78 is 5.46. The van der Waals surface area contributed by atoms with E-state index in [4.69, 9.17) is 10.5 Å². The lowest BCUT2D eigenvalue weighted by Crippen LogP contribution is -2.34. The first kappa shape index (κ1) is 14.7. The normalized spacial score (nSPS) is 10.8. The third-order valence-corrected chi connectivity index (χ3v) is 2.59. The van der Waals surface area contributed by atoms with E-state index < -0.39 is 0 Å². The van der Waals surface area contributed by atoms with E-state index in [9.17, 15) is 0 Å². The molecule has 0 aliphatic carbocycles. The SMILES string of the molecule is CCOc1cc(C)nc(N(CCCN)C(C)C)n1. The Balaban J connectivity index is 2.95. The van der Waals surface area contributed by atoms with Gasteiger partial charge in [0.15, 0.2) is 0 Å². The zero-order valence-corrected chi connectivity index (χ0v) is 11.8. The Kier molecular flexibility index (Phi) is 5.85. The zero-order valence-electron chi connectivity index (χ0n) is 11.8. The molecule has 0 aliphatic heterocycles. The van der Waals surface area contributed by atoms with E-state index in [0.29, 0.717) is 25.1 Å². The Morgan fingerprint density at radius 1 is 1.39 bits per heavy atom. The van der Waals surface area contributed by atoms with Crippen LogP contribution in [0.4, 0.5) is 5.95 Å². The molecular weight excluding hydrogens is 228 g/mol. The number of aryl methyl sites for hydroxylation is 1. The van der Waals surface area contributed by atoms with Gasteiger partial charge in [0.25, 0.3) is 0 Å². The second-order valence-corrected chi connectivity index (χ2v) is 4.51. The number of hydrogen-bond acceptors (Lipinski definition) is 5. The number of hydrogen-bond donors (Lipinski definition) is 1. The molecule has 18 heavy (non-hydrogen) atoms. The molecule has 0 aliphatic rings. The van der Waals surface area contributed by atoms with Gasteiger partial charge in [-0.2, -0.15) is 4.98 Å². The molecule has 0 unspecified atom stereocenters. The molecule has 0 radical (unpaired) electrons. The van der Waals surface area contributed by atoms with Crippen LogP contribution in [-0.4, -0.2) is 35.7 Å². The highest BCUT2D eigenvalue weighted by atomic mass is 16.5. The van der Waals surface area contributed by atoms with Crippen LogP contribution in [0.5, 0.6) is 5.88 Å². The van der Waals surface area contributed by atoms with Gasteiger partial charge in [0, 0.05) is 24.3 Å². The van der Waals surface area contributed by atoms with E-state index in [1.807, 2.05) is 19.9 Å². The van der Waals surface area contributed by atoms with Crippen LogP contribution in [0.2, 0.25) is 0 Å². The zero-order chi connectivity index (χ0) is 13.5. The van der Waals surface area contributed by atoms with Gasteiger partial charge in [-0.3, -0.25) is 0 Å². The quantitative estimate of drug-likeness (QED) is 0.801. The Morgan fingerprint density at radius 3 is 2.67 bits per heavy atom. The van der Waals surface area contributed by atoms with Crippen LogP contribution in [0.3, 0.4) is 0 Å². The molecular formula is C13H24N4O. The molecule has 0 amide bonds. The first-order valence-electron chi connectivity index (χ1n) is 6.53. The number of rotatable bonds is 7. The summed E-state index contributed by atoms with van der Waals surface area (Å²) in [6.45, 7) is 10.3. The molecule has 0 bridgehead atoms. The van der Waals surface area contributed by atoms with Crippen molar-refractivity contribution in [3.05, 3.63) is 11.8 Å². The van der Waals surface area contributed by atoms with Crippen LogP contribution in [0.25, 0.3) is 0 Å². The summed E-state index contributed by atoms with van der Waals surface area (Å²) >= 11 is 0. The monoisotopic (exact) mass is 252 g/mol. The molecule has 2 N–H and O–H groups in total. The van der Waals surface area contributed by atoms with Crippen molar-refractivity contribution in [3.63, 3.8) is 0 Å². The predicted octanol–water partition coefficient (Wildman–Crippen LogP) is 1.75. The molecule has 0 saturated heterocycles. The van der Waals surface area contributed by atoms with E-state index >= 15 is 0 Å². The van der Waals surface area contributed by atoms with Crippen molar-refractivity contribution >= 4 is 5.95 Å². The highest BCUT2D eigenvalue weighted by Gasteiger charge is 2.14. The molecule has 0 atom stereocenters. The van der Waals surface area contributed by atoms with Crippen molar-refractivity contribution in [2.45, 2.75) is 40.2 Å². The maximum atomic E-state index is 5.57. The van der Waals surface area contributed by atoms with Gasteiger partial charge in [-0.1, -0.05) is 0 Å². The standard InChI is InChI=1S/C13H24N4O/c1-5-18-12-9-11(4)15-13(16-12)17(10(2)3)8-6-7-14/h9-10H,5-8,14H2,1-4H3. The van der Waals surface area contributed by atoms with Crippen LogP contribution in [0.1, 0.15) is 32.9 Å². The van der Waals surface area contributed by atoms with Crippen LogP contribution in [0.15, 0.2) is 6.07 Å². The molecule has 0 aromatic carbocycles. The van der Waals surface area contributed by atoms with Gasteiger partial charge in [-0.05, 0) is 40.7 Å². The van der Waals surface area contributed by atoms with Crippen molar-refractivity contribution in [2.75, 3.05) is 24.6 Å². The van der Waals surface area contributed by atoms with Gasteiger partial charge in [0.1, 0.15) is 0 Å². The molecule has 0 fully saturated rings. The molecule has 1 heterocycles. The number of nitrogens with zero attached hydrogens (tertiary/aromatic N) is 3. The highest BCUT2D eigenvalue weighted by Crippen LogP contribution is 2.17. The molecule has 1 rings (SSSR count). The first-order valence-corrected chi connectivity index (χ1v) is 6.53. The molecule has 102 valence electrons. The lowest BCUT2D eigenvalue weighted by atomic mass is 10.3. The Labute approximate surface area is 109 Å². The Hall–Kier alpha value is -1.36. The fourth-order valence-corrected chi connectivity index (χ4v) is 1.73. The second kappa shape index (κ2) is 7.16. The van der Waals surface area contributed by atoms with E-state index in [-0.39, 0.29) is 0 Å². The summed E-state index contributed by atoms with van der Waals surface area (Å²) in [6.07, 6.45) is 0.930. The second-order valence-electron chi connectivity index (χ2n) is 4.51. The van der Waals surface area contributed by atoms with Crippen molar-refractivity contribution in [3.8, 4) is 5.88 Å². The van der Waals surface area contributed by atoms with Gasteiger partial charge in [0.2, 0.25) is 11.8 Å². The van der Waals surface area contributed by atoms with Crippen molar-refractivity contribution < 1.29 is 4.74 Å². The summed E-state index contributed by atoms with van der Waals surface area (Å²) in [5.41, 5.74) is 6.49. The molecule has 0 saturated carbocycles. The summed E-state index contributed by atoms with van der Waals surface area (Å²) in [5.74, 6) is 1.36. The topological polar surface area (TPSA) is 64.3 Å². The predicted molar refractivity (Wildman–Crippen MR) is 74.1 cm³/mol. The van der Waals surface area contributed by atoms with E-state index in [0.717, 1.165) is 24.6 Å². The summed E-state index contributed by atoms with van der Waals surface area (Å²) in [6, 6.07) is 2.20. The Morgan fingerprint density at radius 2 is 2.11 bits per heavy atom. The van der Waals surface area contributed by atoms with Gasteiger partial charge < -0.3 is 15.4 Å². The van der Waals surface area contributed by atoms with Gasteiger partial charge in [-0.15, -0.1) is 0 Å². The van der Waals surface area contributed by atoms with Gasteiger partial charge in [0.05, 0.1) is 6.61 Å². The summed E-state index contributed by atoms with van der Waals surface area (Å²) in [5, 5.41) is 0. The fourth-order valence-electron chi connectivity index (χ4n) is 1.73. The lowest BCUT2D eigenvalue weighted by Gasteiger charge is -2.27. The van der Waals surface area contributed by atoms with Crippen LogP contribution < -0.4 is 15.4 Å². The maximum absolute atomic E-state index is 5.57. The molecule has 1 aromatic rings. The first-order chi connectivity index (χ1) is 8.58. The minimum atomic E-state index is 0.341. The number of nitrogens with two attached hydrogens (primary N) is 1. The molecule has 5 heteroatoms. The van der Waals surface area contributed by atoms with Crippen molar-refractivity contribution in [2.24, 2.45) is 5.73 Å². The van der Waals surface area contributed by atoms with Gasteiger partial charge >= 0.3 is 0 Å². The fraction of sp³-hybridized carbons (Fsp3) is 0.692. The number of anilines is 1. The lowest BCUT2D eigenvalue weighted by molar-refractivity contribution is 0.325. The van der Waals surface area contributed by atoms with Crippen molar-refractivity contribution in [1.29, 1.82) is 0 Å². The van der Waals surface area contributed by atoms with Crippen LogP contribution >= 0.6 is 0 Å². The molecule has 1 aromatic heterocycles. The third-order valence-electron chi connectivity index (χ3n) is 2.59. The minimum absolute atomic E-state index is 0.341. The van der Waals surface area contributed by atoms with E-state index in [1.54, 1.807) is 0 Å². The average molecular weight is 252 g/mol. The number of ether oxygens (including phenoxy) is 1. The summed E-state index contributed by atoms with van der Waals surface area (Å²) in [4.78, 5) is 11.1. The van der Waals surface area contributed by atoms with E-state index in [2.05, 4.69) is 28.7 Å². The van der Waals surface area contributed by atoms with Crippen LogP contribution in [0, 0.1) is 6.92 Å². The maximum Gasteiger partial charge on any atom is 0.229 e. The largest absolute Gasteiger partial charge is 0.478 e. The Bertz CT molecular complexity index is 368. The van der Waals surface area contributed by atoms with Crippen LogP contribution in [-0.2, 0) is 0 Å². The summed E-state index contributed by atoms with van der Waals surface area (Å²) in [7, 11) is 0. The number of aromatic nitrogens is 2. The third kappa shape index (κ3) is 4.14. The minimum Gasteiger partial charge on any atom is -0.478 e. The average Bonchev–Trinajstić information content (AvgIpc) is 2.28. The smallest absolute Gasteiger partial charge is 0.229 e. The molecule has 5 nitrogen and oxygen atoms in total.